The van der Waals surface area contributed by atoms with Gasteiger partial charge in [-0.05, 0) is 19.3 Å². The predicted molar refractivity (Wildman–Crippen MR) is 70.0 cm³/mol. The van der Waals surface area contributed by atoms with Crippen LogP contribution in [0.15, 0.2) is 23.8 Å². The van der Waals surface area contributed by atoms with Gasteiger partial charge in [-0.15, -0.1) is 0 Å². The van der Waals surface area contributed by atoms with E-state index in [1.165, 1.54) is 38.2 Å². The number of rotatable bonds is 8. The number of primary amides is 1. The van der Waals surface area contributed by atoms with E-state index in [2.05, 4.69) is 19.9 Å². The average Bonchev–Trinajstić information content (AvgIpc) is 2.21. The van der Waals surface area contributed by atoms with Crippen LogP contribution in [0.5, 0.6) is 0 Å². The topological polar surface area (TPSA) is 43.1 Å². The Morgan fingerprint density at radius 3 is 2.50 bits per heavy atom. The van der Waals surface area contributed by atoms with Gasteiger partial charge in [0.25, 0.3) is 0 Å². The van der Waals surface area contributed by atoms with Crippen LogP contribution in [-0.2, 0) is 4.79 Å². The Morgan fingerprint density at radius 1 is 1.25 bits per heavy atom. The fourth-order valence-electron chi connectivity index (χ4n) is 1.69. The first-order chi connectivity index (χ1) is 7.56. The number of carbonyl (C=O) groups is 1. The Labute approximate surface area is 99.6 Å². The Bertz CT molecular complexity index is 253. The number of nitrogens with two attached hydrogens (primary N) is 1. The van der Waals surface area contributed by atoms with Gasteiger partial charge in [-0.3, -0.25) is 4.79 Å². The second-order valence-corrected chi connectivity index (χ2v) is 4.47. The second-order valence-electron chi connectivity index (χ2n) is 4.47. The van der Waals surface area contributed by atoms with Gasteiger partial charge in [-0.25, -0.2) is 0 Å². The molecule has 2 nitrogen and oxygen atoms in total. The quantitative estimate of drug-likeness (QED) is 0.381. The summed E-state index contributed by atoms with van der Waals surface area (Å²) < 4.78 is 0. The van der Waals surface area contributed by atoms with E-state index in [0.717, 1.165) is 5.57 Å². The zero-order valence-corrected chi connectivity index (χ0v) is 10.8. The minimum Gasteiger partial charge on any atom is -0.366 e. The third-order valence-corrected chi connectivity index (χ3v) is 2.57. The summed E-state index contributed by atoms with van der Waals surface area (Å²) in [5, 5.41) is 0. The van der Waals surface area contributed by atoms with Crippen molar-refractivity contribution in [2.75, 3.05) is 0 Å². The van der Waals surface area contributed by atoms with Crippen LogP contribution in [0.4, 0.5) is 0 Å². The molecule has 1 atom stereocenters. The molecule has 0 aromatic heterocycles. The van der Waals surface area contributed by atoms with E-state index in [9.17, 15) is 4.79 Å². The summed E-state index contributed by atoms with van der Waals surface area (Å²) in [6, 6.07) is 0. The van der Waals surface area contributed by atoms with Gasteiger partial charge in [0.2, 0.25) is 5.91 Å². The molecule has 2 N–H and O–H groups in total. The van der Waals surface area contributed by atoms with Crippen molar-refractivity contribution in [2.24, 2.45) is 11.7 Å². The Kier molecular flexibility index (Phi) is 8.59. The highest BCUT2D eigenvalue weighted by Gasteiger charge is 1.98. The molecule has 0 rings (SSSR count). The maximum Gasteiger partial charge on any atom is 0.241 e. The first-order valence-corrected chi connectivity index (χ1v) is 6.22. The highest BCUT2D eigenvalue weighted by Crippen LogP contribution is 2.13. The molecule has 0 radical (unpaired) electrons. The lowest BCUT2D eigenvalue weighted by Crippen LogP contribution is -2.05. The van der Waals surface area contributed by atoms with E-state index in [4.69, 9.17) is 5.73 Å². The smallest absolute Gasteiger partial charge is 0.241 e. The van der Waals surface area contributed by atoms with Gasteiger partial charge >= 0.3 is 0 Å². The third-order valence-electron chi connectivity index (χ3n) is 2.57. The molecule has 0 saturated carbocycles. The van der Waals surface area contributed by atoms with E-state index in [1.54, 1.807) is 6.08 Å². The van der Waals surface area contributed by atoms with Crippen LogP contribution >= 0.6 is 0 Å². The molecule has 0 saturated heterocycles. The number of carbonyl (C=O) groups excluding carboxylic acids is 1. The van der Waals surface area contributed by atoms with Crippen LogP contribution in [0, 0.1) is 5.92 Å². The molecule has 0 aromatic carbocycles. The Balaban J connectivity index is 3.86. The molecular formula is C14H25NO. The SMILES string of the molecule is CCCCCC[C@@H](C)/C=C(C)/C=C/C(N)=O. The van der Waals surface area contributed by atoms with Crippen molar-refractivity contribution in [2.45, 2.75) is 52.9 Å². The molecule has 0 fully saturated rings. The van der Waals surface area contributed by atoms with Crippen LogP contribution < -0.4 is 5.73 Å². The summed E-state index contributed by atoms with van der Waals surface area (Å²) in [5.74, 6) is 0.192. The van der Waals surface area contributed by atoms with Crippen LogP contribution in [0.1, 0.15) is 52.9 Å². The van der Waals surface area contributed by atoms with E-state index in [0.29, 0.717) is 5.92 Å². The van der Waals surface area contributed by atoms with Crippen molar-refractivity contribution in [3.63, 3.8) is 0 Å². The summed E-state index contributed by atoms with van der Waals surface area (Å²) in [6.45, 7) is 6.44. The second kappa shape index (κ2) is 9.20. The molecule has 0 aliphatic carbocycles. The van der Waals surface area contributed by atoms with Crippen molar-refractivity contribution in [1.82, 2.24) is 0 Å². The molecule has 0 aliphatic rings. The van der Waals surface area contributed by atoms with Gasteiger partial charge in [-0.2, -0.15) is 0 Å². The van der Waals surface area contributed by atoms with E-state index in [-0.39, 0.29) is 5.91 Å². The lowest BCUT2D eigenvalue weighted by atomic mass is 10.00. The van der Waals surface area contributed by atoms with E-state index in [1.807, 2.05) is 6.92 Å². The van der Waals surface area contributed by atoms with Gasteiger partial charge in [-0.1, -0.05) is 57.3 Å². The monoisotopic (exact) mass is 223 g/mol. The maximum absolute atomic E-state index is 10.5. The van der Waals surface area contributed by atoms with Gasteiger partial charge in [0, 0.05) is 6.08 Å². The van der Waals surface area contributed by atoms with Crippen molar-refractivity contribution >= 4 is 5.91 Å². The minimum absolute atomic E-state index is 0.386. The van der Waals surface area contributed by atoms with Crippen LogP contribution in [0.2, 0.25) is 0 Å². The molecule has 16 heavy (non-hydrogen) atoms. The van der Waals surface area contributed by atoms with Crippen LogP contribution in [-0.4, -0.2) is 5.91 Å². The fraction of sp³-hybridized carbons (Fsp3) is 0.643. The van der Waals surface area contributed by atoms with Crippen LogP contribution in [0.3, 0.4) is 0 Å². The lowest BCUT2D eigenvalue weighted by Gasteiger charge is -2.06. The highest BCUT2D eigenvalue weighted by atomic mass is 16.1. The Hall–Kier alpha value is -1.05. The van der Waals surface area contributed by atoms with Gasteiger partial charge in [0.05, 0.1) is 0 Å². The molecule has 1 amide bonds. The summed E-state index contributed by atoms with van der Waals surface area (Å²) in [7, 11) is 0. The number of unbranched alkanes of at least 4 members (excludes halogenated alkanes) is 3. The molecule has 0 heterocycles. The van der Waals surface area contributed by atoms with Crippen molar-refractivity contribution in [3.05, 3.63) is 23.8 Å². The predicted octanol–water partition coefficient (Wildman–Crippen LogP) is 3.58. The zero-order chi connectivity index (χ0) is 12.4. The Morgan fingerprint density at radius 2 is 1.94 bits per heavy atom. The summed E-state index contributed by atoms with van der Waals surface area (Å²) in [4.78, 5) is 10.5. The average molecular weight is 223 g/mol. The maximum atomic E-state index is 10.5. The molecule has 0 aliphatic heterocycles. The number of hydrogen-bond acceptors (Lipinski definition) is 1. The number of hydrogen-bond donors (Lipinski definition) is 1. The summed E-state index contributed by atoms with van der Waals surface area (Å²) in [5.41, 5.74) is 6.14. The summed E-state index contributed by atoms with van der Waals surface area (Å²) in [6.07, 6.45) is 11.8. The third kappa shape index (κ3) is 9.50. The lowest BCUT2D eigenvalue weighted by molar-refractivity contribution is -0.113. The molecule has 92 valence electrons. The fourth-order valence-corrected chi connectivity index (χ4v) is 1.69. The minimum atomic E-state index is -0.386. The zero-order valence-electron chi connectivity index (χ0n) is 10.8. The highest BCUT2D eigenvalue weighted by molar-refractivity contribution is 5.86. The first kappa shape index (κ1) is 14.9. The molecule has 0 aromatic rings. The van der Waals surface area contributed by atoms with Gasteiger partial charge < -0.3 is 5.73 Å². The van der Waals surface area contributed by atoms with Crippen LogP contribution in [0.25, 0.3) is 0 Å². The van der Waals surface area contributed by atoms with Gasteiger partial charge in [0.15, 0.2) is 0 Å². The van der Waals surface area contributed by atoms with Gasteiger partial charge in [0.1, 0.15) is 0 Å². The van der Waals surface area contributed by atoms with E-state index >= 15 is 0 Å². The van der Waals surface area contributed by atoms with Crippen molar-refractivity contribution < 1.29 is 4.79 Å². The molecule has 0 bridgehead atoms. The van der Waals surface area contributed by atoms with Crippen molar-refractivity contribution in [1.29, 1.82) is 0 Å². The summed E-state index contributed by atoms with van der Waals surface area (Å²) >= 11 is 0. The number of allylic oxidation sites excluding steroid dienone is 3. The van der Waals surface area contributed by atoms with Crippen molar-refractivity contribution in [3.8, 4) is 0 Å². The molecular weight excluding hydrogens is 198 g/mol. The number of amides is 1. The normalized spacial score (nSPS) is 14.3. The largest absolute Gasteiger partial charge is 0.366 e. The first-order valence-electron chi connectivity index (χ1n) is 6.22. The standard InChI is InChI=1S/C14H25NO/c1-4-5-6-7-8-12(2)11-13(3)9-10-14(15)16/h9-12H,4-8H2,1-3H3,(H2,15,16)/b10-9+,13-11+/t12-/m1/s1. The molecule has 2 heteroatoms. The van der Waals surface area contributed by atoms with E-state index < -0.39 is 0 Å². The molecule has 0 spiro atoms. The molecule has 0 unspecified atom stereocenters.